The number of primary amides is 1. The number of aromatic nitrogens is 2. The maximum absolute atomic E-state index is 12.8. The molecule has 1 aromatic carbocycles. The van der Waals surface area contributed by atoms with Crippen LogP contribution in [0.4, 0.5) is 5.95 Å². The standard InChI is InChI=1S/C31H41N5O3/c1-2-22-19-33-31(34-20-22)35-16-13-24(14-17-35)21-39-27-11-9-26(10-12-27)25-7-5-23(6-8-25)18-29(37)36-15-3-4-28(36)30(32)38/h7,9-12,19-20,23-24,28H,2-6,8,13-18,21H2,1H3,(H2,32,38). The summed E-state index contributed by atoms with van der Waals surface area (Å²) in [5, 5.41) is 0. The number of hydrogen-bond acceptors (Lipinski definition) is 6. The highest BCUT2D eigenvalue weighted by molar-refractivity contribution is 5.87. The van der Waals surface area contributed by atoms with Crippen molar-refractivity contribution in [3.63, 3.8) is 0 Å². The van der Waals surface area contributed by atoms with Gasteiger partial charge in [0.15, 0.2) is 0 Å². The number of ether oxygens (including phenoxy) is 1. The van der Waals surface area contributed by atoms with Crippen LogP contribution in [0, 0.1) is 11.8 Å². The number of hydrogen-bond donors (Lipinski definition) is 1. The fourth-order valence-electron chi connectivity index (χ4n) is 6.03. The topological polar surface area (TPSA) is 102 Å². The Morgan fingerprint density at radius 1 is 1.00 bits per heavy atom. The summed E-state index contributed by atoms with van der Waals surface area (Å²) in [6.45, 7) is 5.42. The first-order valence-electron chi connectivity index (χ1n) is 14.6. The van der Waals surface area contributed by atoms with Crippen molar-refractivity contribution in [1.29, 1.82) is 0 Å². The lowest BCUT2D eigenvalue weighted by Gasteiger charge is -2.31. The van der Waals surface area contributed by atoms with Crippen LogP contribution < -0.4 is 15.4 Å². The van der Waals surface area contributed by atoms with Crippen molar-refractivity contribution in [2.75, 3.05) is 31.1 Å². The van der Waals surface area contributed by atoms with Gasteiger partial charge in [0.05, 0.1) is 6.61 Å². The Labute approximate surface area is 231 Å². The number of anilines is 1. The van der Waals surface area contributed by atoms with Gasteiger partial charge in [0.25, 0.3) is 0 Å². The minimum Gasteiger partial charge on any atom is -0.493 e. The number of amides is 2. The number of piperidine rings is 1. The zero-order chi connectivity index (χ0) is 27.2. The molecule has 2 N–H and O–H groups in total. The van der Waals surface area contributed by atoms with Crippen LogP contribution in [-0.4, -0.2) is 59.0 Å². The number of benzene rings is 1. The number of likely N-dealkylation sites (tertiary alicyclic amines) is 1. The van der Waals surface area contributed by atoms with Crippen molar-refractivity contribution in [3.8, 4) is 5.75 Å². The van der Waals surface area contributed by atoms with Crippen LogP contribution in [0.15, 0.2) is 42.7 Å². The first kappa shape index (κ1) is 27.2. The molecule has 2 atom stereocenters. The molecule has 1 aliphatic carbocycles. The van der Waals surface area contributed by atoms with Gasteiger partial charge < -0.3 is 20.3 Å². The molecule has 0 spiro atoms. The van der Waals surface area contributed by atoms with Crippen molar-refractivity contribution in [3.05, 3.63) is 53.9 Å². The normalized spacial score (nSPS) is 22.0. The predicted octanol–water partition coefficient (Wildman–Crippen LogP) is 4.38. The van der Waals surface area contributed by atoms with Gasteiger partial charge in [0.2, 0.25) is 17.8 Å². The predicted molar refractivity (Wildman–Crippen MR) is 152 cm³/mol. The molecule has 2 aromatic rings. The fraction of sp³-hybridized carbons (Fsp3) is 0.548. The summed E-state index contributed by atoms with van der Waals surface area (Å²) in [4.78, 5) is 37.4. The molecule has 8 heteroatoms. The largest absolute Gasteiger partial charge is 0.493 e. The first-order chi connectivity index (χ1) is 19.0. The molecule has 2 aliphatic heterocycles. The number of carbonyl (C=O) groups is 2. The van der Waals surface area contributed by atoms with Gasteiger partial charge >= 0.3 is 0 Å². The third-order valence-corrected chi connectivity index (χ3v) is 8.59. The summed E-state index contributed by atoms with van der Waals surface area (Å²) in [6.07, 6.45) is 14.1. The van der Waals surface area contributed by atoms with Gasteiger partial charge in [-0.25, -0.2) is 9.97 Å². The van der Waals surface area contributed by atoms with E-state index in [1.807, 2.05) is 12.4 Å². The Morgan fingerprint density at radius 3 is 2.38 bits per heavy atom. The molecule has 8 nitrogen and oxygen atoms in total. The number of nitrogens with zero attached hydrogens (tertiary/aromatic N) is 4. The number of nitrogens with two attached hydrogens (primary N) is 1. The van der Waals surface area contributed by atoms with Gasteiger partial charge in [0.1, 0.15) is 11.8 Å². The molecule has 0 bridgehead atoms. The maximum atomic E-state index is 12.8. The van der Waals surface area contributed by atoms with Crippen LogP contribution in [0.2, 0.25) is 0 Å². The minimum absolute atomic E-state index is 0.0734. The van der Waals surface area contributed by atoms with E-state index in [0.29, 0.717) is 31.2 Å². The summed E-state index contributed by atoms with van der Waals surface area (Å²) >= 11 is 0. The second-order valence-electron chi connectivity index (χ2n) is 11.2. The summed E-state index contributed by atoms with van der Waals surface area (Å²) < 4.78 is 6.15. The third kappa shape index (κ3) is 6.78. The van der Waals surface area contributed by atoms with Gasteiger partial charge in [-0.15, -0.1) is 0 Å². The smallest absolute Gasteiger partial charge is 0.240 e. The zero-order valence-corrected chi connectivity index (χ0v) is 23.1. The molecule has 2 unspecified atom stereocenters. The van der Waals surface area contributed by atoms with Gasteiger partial charge in [-0.2, -0.15) is 0 Å². The van der Waals surface area contributed by atoms with Crippen molar-refractivity contribution < 1.29 is 14.3 Å². The lowest BCUT2D eigenvalue weighted by molar-refractivity contribution is -0.138. The van der Waals surface area contributed by atoms with E-state index in [2.05, 4.69) is 52.1 Å². The van der Waals surface area contributed by atoms with E-state index in [1.165, 1.54) is 16.7 Å². The molecule has 0 radical (unpaired) electrons. The van der Waals surface area contributed by atoms with Crippen LogP contribution in [-0.2, 0) is 16.0 Å². The van der Waals surface area contributed by atoms with E-state index in [4.69, 9.17) is 10.5 Å². The highest BCUT2D eigenvalue weighted by Crippen LogP contribution is 2.33. The average Bonchev–Trinajstić information content (AvgIpc) is 3.48. The summed E-state index contributed by atoms with van der Waals surface area (Å²) in [5.41, 5.74) is 9.21. The van der Waals surface area contributed by atoms with Gasteiger partial charge in [0, 0.05) is 38.4 Å². The van der Waals surface area contributed by atoms with Crippen LogP contribution in [0.5, 0.6) is 5.75 Å². The van der Waals surface area contributed by atoms with E-state index < -0.39 is 6.04 Å². The summed E-state index contributed by atoms with van der Waals surface area (Å²) in [5.74, 6) is 2.30. The van der Waals surface area contributed by atoms with E-state index >= 15 is 0 Å². The first-order valence-corrected chi connectivity index (χ1v) is 14.6. The van der Waals surface area contributed by atoms with Crippen LogP contribution in [0.3, 0.4) is 0 Å². The quantitative estimate of drug-likeness (QED) is 0.515. The van der Waals surface area contributed by atoms with Crippen LogP contribution in [0.1, 0.15) is 69.4 Å². The van der Waals surface area contributed by atoms with E-state index in [1.54, 1.807) is 4.90 Å². The van der Waals surface area contributed by atoms with Crippen LogP contribution in [0.25, 0.3) is 5.57 Å². The molecule has 2 fully saturated rings. The fourth-order valence-corrected chi connectivity index (χ4v) is 6.03. The highest BCUT2D eigenvalue weighted by atomic mass is 16.5. The summed E-state index contributed by atoms with van der Waals surface area (Å²) in [6, 6.07) is 8.02. The number of allylic oxidation sites excluding steroid dienone is 2. The van der Waals surface area contributed by atoms with E-state index in [9.17, 15) is 9.59 Å². The number of carbonyl (C=O) groups excluding carboxylic acids is 2. The van der Waals surface area contributed by atoms with Crippen molar-refractivity contribution in [2.45, 2.75) is 70.8 Å². The molecular formula is C31H41N5O3. The molecule has 3 heterocycles. The Balaban J connectivity index is 1.05. The number of aryl methyl sites for hydroxylation is 1. The van der Waals surface area contributed by atoms with Crippen molar-refractivity contribution in [1.82, 2.24) is 14.9 Å². The molecule has 0 saturated carbocycles. The van der Waals surface area contributed by atoms with Crippen molar-refractivity contribution in [2.24, 2.45) is 17.6 Å². The molecule has 208 valence electrons. The lowest BCUT2D eigenvalue weighted by Crippen LogP contribution is -2.44. The molecule has 39 heavy (non-hydrogen) atoms. The third-order valence-electron chi connectivity index (χ3n) is 8.59. The second kappa shape index (κ2) is 12.6. The second-order valence-corrected chi connectivity index (χ2v) is 11.2. The number of rotatable bonds is 9. The molecule has 2 saturated heterocycles. The highest BCUT2D eigenvalue weighted by Gasteiger charge is 2.33. The van der Waals surface area contributed by atoms with Crippen molar-refractivity contribution >= 4 is 23.3 Å². The SMILES string of the molecule is CCc1cnc(N2CCC(COc3ccc(C4=CCC(CC(=O)N5CCCC5C(N)=O)CC4)cc3)CC2)nc1. The molecule has 5 rings (SSSR count). The Morgan fingerprint density at radius 2 is 1.74 bits per heavy atom. The average molecular weight is 532 g/mol. The molecule has 1 aromatic heterocycles. The van der Waals surface area contributed by atoms with Crippen LogP contribution >= 0.6 is 0 Å². The molecular weight excluding hydrogens is 490 g/mol. The minimum atomic E-state index is -0.418. The monoisotopic (exact) mass is 531 g/mol. The van der Waals surface area contributed by atoms with E-state index in [-0.39, 0.29) is 11.8 Å². The van der Waals surface area contributed by atoms with Gasteiger partial charge in [-0.3, -0.25) is 9.59 Å². The lowest BCUT2D eigenvalue weighted by atomic mass is 9.84. The van der Waals surface area contributed by atoms with Gasteiger partial charge in [-0.05, 0) is 92.0 Å². The Hall–Kier alpha value is -3.42. The maximum Gasteiger partial charge on any atom is 0.240 e. The molecule has 3 aliphatic rings. The zero-order valence-electron chi connectivity index (χ0n) is 23.1. The summed E-state index contributed by atoms with van der Waals surface area (Å²) in [7, 11) is 0. The Bertz CT molecular complexity index is 1160. The van der Waals surface area contributed by atoms with Gasteiger partial charge in [-0.1, -0.05) is 25.1 Å². The molecule has 2 amide bonds. The Kier molecular flexibility index (Phi) is 8.79. The van der Waals surface area contributed by atoms with E-state index in [0.717, 1.165) is 76.3 Å².